The number of aliphatic hydroxyl groups is 1. The Bertz CT molecular complexity index is 463. The number of aromatic nitrogens is 2. The molecule has 88 valence electrons. The van der Waals surface area contributed by atoms with E-state index in [2.05, 4.69) is 27.8 Å². The van der Waals surface area contributed by atoms with E-state index in [9.17, 15) is 0 Å². The Labute approximate surface area is 98.9 Å². The third kappa shape index (κ3) is 2.11. The predicted molar refractivity (Wildman–Crippen MR) is 65.9 cm³/mol. The number of imidazole rings is 1. The second-order valence-corrected chi connectivity index (χ2v) is 4.76. The maximum atomic E-state index is 8.75. The first-order valence-corrected chi connectivity index (χ1v) is 6.38. The fourth-order valence-corrected chi connectivity index (χ4v) is 2.69. The molecule has 0 spiro atoms. The van der Waals surface area contributed by atoms with Gasteiger partial charge < -0.3 is 10.4 Å². The van der Waals surface area contributed by atoms with E-state index >= 15 is 0 Å². The summed E-state index contributed by atoms with van der Waals surface area (Å²) in [5.41, 5.74) is 2.30. The topological polar surface area (TPSA) is 49.6 Å². The standard InChI is InChI=1S/C11H17N3OS/c1-8(12-4-3-6-15)10-9(2)13-11-14(10)5-7-16-11/h5,7-8,12,15H,3-4,6H2,1-2H3. The zero-order valence-electron chi connectivity index (χ0n) is 9.60. The summed E-state index contributed by atoms with van der Waals surface area (Å²) in [5, 5.41) is 14.2. The average Bonchev–Trinajstić information content (AvgIpc) is 2.77. The Morgan fingerprint density at radius 1 is 1.62 bits per heavy atom. The number of hydrogen-bond acceptors (Lipinski definition) is 4. The number of nitrogens with one attached hydrogen (secondary N) is 1. The van der Waals surface area contributed by atoms with Gasteiger partial charge in [0, 0.05) is 24.2 Å². The molecule has 4 nitrogen and oxygen atoms in total. The van der Waals surface area contributed by atoms with Crippen LogP contribution in [0, 0.1) is 6.92 Å². The summed E-state index contributed by atoms with van der Waals surface area (Å²) in [6, 6.07) is 0.260. The van der Waals surface area contributed by atoms with E-state index in [0.717, 1.165) is 23.6 Å². The van der Waals surface area contributed by atoms with E-state index < -0.39 is 0 Å². The molecule has 1 atom stereocenters. The summed E-state index contributed by atoms with van der Waals surface area (Å²) in [6.45, 7) is 5.23. The molecular formula is C11H17N3OS. The Balaban J connectivity index is 2.17. The van der Waals surface area contributed by atoms with Crippen LogP contribution in [0.4, 0.5) is 0 Å². The molecule has 0 aliphatic rings. The summed E-state index contributed by atoms with van der Waals surface area (Å²) in [4.78, 5) is 5.56. The van der Waals surface area contributed by atoms with Crippen molar-refractivity contribution in [3.05, 3.63) is 23.0 Å². The molecule has 2 heterocycles. The van der Waals surface area contributed by atoms with Crippen LogP contribution >= 0.6 is 11.3 Å². The molecule has 16 heavy (non-hydrogen) atoms. The summed E-state index contributed by atoms with van der Waals surface area (Å²) in [7, 11) is 0. The number of nitrogens with zero attached hydrogens (tertiary/aromatic N) is 2. The average molecular weight is 239 g/mol. The van der Waals surface area contributed by atoms with Gasteiger partial charge in [-0.15, -0.1) is 11.3 Å². The highest BCUT2D eigenvalue weighted by Gasteiger charge is 2.15. The van der Waals surface area contributed by atoms with Gasteiger partial charge >= 0.3 is 0 Å². The van der Waals surface area contributed by atoms with Crippen molar-refractivity contribution in [3.8, 4) is 0 Å². The van der Waals surface area contributed by atoms with E-state index in [1.54, 1.807) is 11.3 Å². The fourth-order valence-electron chi connectivity index (χ4n) is 1.93. The monoisotopic (exact) mass is 239 g/mol. The number of fused-ring (bicyclic) bond motifs is 1. The number of thiazole rings is 1. The van der Waals surface area contributed by atoms with Crippen molar-refractivity contribution in [1.82, 2.24) is 14.7 Å². The van der Waals surface area contributed by atoms with Gasteiger partial charge in [-0.05, 0) is 26.8 Å². The van der Waals surface area contributed by atoms with Crippen molar-refractivity contribution in [1.29, 1.82) is 0 Å². The number of aliphatic hydroxyl groups excluding tert-OH is 1. The minimum atomic E-state index is 0.235. The van der Waals surface area contributed by atoms with Gasteiger partial charge in [0.2, 0.25) is 0 Å². The summed E-state index contributed by atoms with van der Waals surface area (Å²) in [6.07, 6.45) is 2.84. The minimum absolute atomic E-state index is 0.235. The van der Waals surface area contributed by atoms with Crippen LogP contribution in [-0.2, 0) is 0 Å². The van der Waals surface area contributed by atoms with Gasteiger partial charge in [-0.3, -0.25) is 4.40 Å². The molecule has 2 rings (SSSR count). The molecule has 2 aromatic rings. The first kappa shape index (κ1) is 11.6. The Morgan fingerprint density at radius 3 is 3.19 bits per heavy atom. The molecule has 2 N–H and O–H groups in total. The van der Waals surface area contributed by atoms with Crippen LogP contribution in [0.3, 0.4) is 0 Å². The second kappa shape index (κ2) is 4.95. The lowest BCUT2D eigenvalue weighted by molar-refractivity contribution is 0.283. The lowest BCUT2D eigenvalue weighted by Gasteiger charge is -2.13. The van der Waals surface area contributed by atoms with Crippen molar-refractivity contribution in [2.24, 2.45) is 0 Å². The number of hydrogen-bond donors (Lipinski definition) is 2. The summed E-state index contributed by atoms with van der Waals surface area (Å²) < 4.78 is 2.14. The van der Waals surface area contributed by atoms with Crippen LogP contribution in [0.15, 0.2) is 11.6 Å². The van der Waals surface area contributed by atoms with Gasteiger partial charge in [0.05, 0.1) is 11.4 Å². The third-order valence-corrected chi connectivity index (χ3v) is 3.44. The van der Waals surface area contributed by atoms with E-state index in [1.165, 1.54) is 5.69 Å². The molecule has 0 amide bonds. The highest BCUT2D eigenvalue weighted by Crippen LogP contribution is 2.22. The lowest BCUT2D eigenvalue weighted by atomic mass is 10.2. The smallest absolute Gasteiger partial charge is 0.194 e. The third-order valence-electron chi connectivity index (χ3n) is 2.68. The van der Waals surface area contributed by atoms with Crippen LogP contribution in [0.2, 0.25) is 0 Å². The van der Waals surface area contributed by atoms with Crippen molar-refractivity contribution < 1.29 is 5.11 Å². The first-order chi connectivity index (χ1) is 7.74. The molecule has 0 aliphatic heterocycles. The maximum Gasteiger partial charge on any atom is 0.194 e. The SMILES string of the molecule is Cc1nc2sccn2c1C(C)NCCCO. The molecule has 0 saturated carbocycles. The summed E-state index contributed by atoms with van der Waals surface area (Å²) in [5.74, 6) is 0. The van der Waals surface area contributed by atoms with E-state index in [1.807, 2.05) is 12.3 Å². The van der Waals surface area contributed by atoms with Crippen molar-refractivity contribution in [2.45, 2.75) is 26.3 Å². The van der Waals surface area contributed by atoms with Gasteiger partial charge in [-0.2, -0.15) is 0 Å². The Hall–Kier alpha value is -0.910. The van der Waals surface area contributed by atoms with Crippen LogP contribution in [0.5, 0.6) is 0 Å². The van der Waals surface area contributed by atoms with E-state index in [4.69, 9.17) is 5.11 Å². The van der Waals surface area contributed by atoms with Crippen LogP contribution in [-0.4, -0.2) is 27.6 Å². The highest BCUT2D eigenvalue weighted by atomic mass is 32.1. The predicted octanol–water partition coefficient (Wildman–Crippen LogP) is 1.74. The molecular weight excluding hydrogens is 222 g/mol. The van der Waals surface area contributed by atoms with E-state index in [0.29, 0.717) is 0 Å². The van der Waals surface area contributed by atoms with Crippen LogP contribution < -0.4 is 5.32 Å². The van der Waals surface area contributed by atoms with Gasteiger partial charge in [0.15, 0.2) is 4.96 Å². The molecule has 0 fully saturated rings. The van der Waals surface area contributed by atoms with Gasteiger partial charge in [-0.25, -0.2) is 4.98 Å². The van der Waals surface area contributed by atoms with Gasteiger partial charge in [-0.1, -0.05) is 0 Å². The van der Waals surface area contributed by atoms with Crippen LogP contribution in [0.25, 0.3) is 4.96 Å². The molecule has 1 unspecified atom stereocenters. The van der Waals surface area contributed by atoms with Crippen molar-refractivity contribution in [2.75, 3.05) is 13.2 Å². The highest BCUT2D eigenvalue weighted by molar-refractivity contribution is 7.15. The zero-order valence-corrected chi connectivity index (χ0v) is 10.4. The quantitative estimate of drug-likeness (QED) is 0.781. The Morgan fingerprint density at radius 2 is 2.44 bits per heavy atom. The number of rotatable bonds is 5. The first-order valence-electron chi connectivity index (χ1n) is 5.50. The largest absolute Gasteiger partial charge is 0.396 e. The zero-order chi connectivity index (χ0) is 11.5. The van der Waals surface area contributed by atoms with Crippen LogP contribution in [0.1, 0.15) is 30.8 Å². The molecule has 0 aromatic carbocycles. The number of aryl methyl sites for hydroxylation is 1. The molecule has 0 radical (unpaired) electrons. The molecule has 0 aliphatic carbocycles. The second-order valence-electron chi connectivity index (χ2n) is 3.89. The van der Waals surface area contributed by atoms with Gasteiger partial charge in [0.25, 0.3) is 0 Å². The summed E-state index contributed by atoms with van der Waals surface area (Å²) >= 11 is 1.65. The Kier molecular flexibility index (Phi) is 3.58. The molecule has 5 heteroatoms. The minimum Gasteiger partial charge on any atom is -0.396 e. The normalized spacial score (nSPS) is 13.4. The maximum absolute atomic E-state index is 8.75. The molecule has 2 aromatic heterocycles. The van der Waals surface area contributed by atoms with Crippen molar-refractivity contribution >= 4 is 16.3 Å². The fraction of sp³-hybridized carbons (Fsp3) is 0.545. The lowest BCUT2D eigenvalue weighted by Crippen LogP contribution is -2.22. The van der Waals surface area contributed by atoms with Gasteiger partial charge in [0.1, 0.15) is 0 Å². The van der Waals surface area contributed by atoms with E-state index in [-0.39, 0.29) is 12.6 Å². The van der Waals surface area contributed by atoms with Crippen molar-refractivity contribution in [3.63, 3.8) is 0 Å². The molecule has 0 saturated heterocycles. The molecule has 0 bridgehead atoms.